The van der Waals surface area contributed by atoms with Gasteiger partial charge in [-0.05, 0) is 61.9 Å². The number of hydrogen-bond donors (Lipinski definition) is 0. The molecule has 0 spiro atoms. The van der Waals surface area contributed by atoms with Crippen LogP contribution < -0.4 is 0 Å². The lowest BCUT2D eigenvalue weighted by Gasteiger charge is -1.99. The minimum absolute atomic E-state index is 0.296. The maximum atomic E-state index is 11.7. The number of aromatic nitrogens is 1. The molecule has 2 aromatic rings. The van der Waals surface area contributed by atoms with Gasteiger partial charge in [0.2, 0.25) is 0 Å². The van der Waals surface area contributed by atoms with E-state index in [0.717, 1.165) is 29.1 Å². The van der Waals surface area contributed by atoms with Gasteiger partial charge in [0, 0.05) is 4.88 Å². The van der Waals surface area contributed by atoms with E-state index >= 15 is 0 Å². The summed E-state index contributed by atoms with van der Waals surface area (Å²) in [5, 5.41) is 5.39. The van der Waals surface area contributed by atoms with Crippen LogP contribution in [0.4, 0.5) is 0 Å². The summed E-state index contributed by atoms with van der Waals surface area (Å²) < 4.78 is 5.01. The first-order chi connectivity index (χ1) is 10.2. The van der Waals surface area contributed by atoms with E-state index in [4.69, 9.17) is 4.74 Å². The van der Waals surface area contributed by atoms with Gasteiger partial charge in [-0.1, -0.05) is 6.42 Å². The fourth-order valence-electron chi connectivity index (χ4n) is 2.16. The molecular weight excluding hydrogens is 302 g/mol. The Hall–Kier alpha value is -1.20. The van der Waals surface area contributed by atoms with Crippen molar-refractivity contribution in [1.29, 1.82) is 0 Å². The molecule has 0 bridgehead atoms. The number of rotatable bonds is 8. The van der Waals surface area contributed by atoms with Crippen LogP contribution in [0, 0.1) is 6.92 Å². The van der Waals surface area contributed by atoms with E-state index in [2.05, 4.69) is 21.8 Å². The molecule has 0 saturated carbocycles. The lowest BCUT2D eigenvalue weighted by Crippen LogP contribution is -2.06. The summed E-state index contributed by atoms with van der Waals surface area (Å²) in [4.78, 5) is 17.1. The second-order valence-electron chi connectivity index (χ2n) is 4.93. The maximum Gasteiger partial charge on any atom is 0.358 e. The van der Waals surface area contributed by atoms with Crippen LogP contribution >= 0.6 is 22.7 Å². The van der Waals surface area contributed by atoms with Crippen LogP contribution in [0.1, 0.15) is 52.1 Å². The first-order valence-electron chi connectivity index (χ1n) is 7.35. The molecule has 0 aromatic carbocycles. The summed E-state index contributed by atoms with van der Waals surface area (Å²) in [7, 11) is 0. The molecule has 0 N–H and O–H groups in total. The molecule has 0 fully saturated rings. The van der Waals surface area contributed by atoms with Crippen LogP contribution in [0.2, 0.25) is 0 Å². The average molecular weight is 323 g/mol. The van der Waals surface area contributed by atoms with E-state index in [0.29, 0.717) is 12.3 Å². The van der Waals surface area contributed by atoms with E-state index in [1.54, 1.807) is 22.7 Å². The van der Waals surface area contributed by atoms with Gasteiger partial charge < -0.3 is 4.74 Å². The predicted molar refractivity (Wildman–Crippen MR) is 88.4 cm³/mol. The molecule has 21 heavy (non-hydrogen) atoms. The number of aryl methyl sites for hydroxylation is 3. The Morgan fingerprint density at radius 3 is 2.81 bits per heavy atom. The summed E-state index contributed by atoms with van der Waals surface area (Å²) in [5.41, 5.74) is 1.94. The van der Waals surface area contributed by atoms with E-state index in [9.17, 15) is 4.79 Å². The van der Waals surface area contributed by atoms with Gasteiger partial charge >= 0.3 is 5.97 Å². The Morgan fingerprint density at radius 2 is 2.10 bits per heavy atom. The topological polar surface area (TPSA) is 39.2 Å². The highest BCUT2D eigenvalue weighted by atomic mass is 32.1. The van der Waals surface area contributed by atoms with Gasteiger partial charge in [0.1, 0.15) is 0 Å². The van der Waals surface area contributed by atoms with Crippen LogP contribution in [0.25, 0.3) is 0 Å². The zero-order valence-corrected chi connectivity index (χ0v) is 14.2. The molecule has 2 heterocycles. The number of carbonyl (C=O) groups excluding carboxylic acids is 1. The SMILES string of the molecule is CCOC(=O)c1nc(CCCCCc2ccsc2)sc1C. The zero-order valence-electron chi connectivity index (χ0n) is 12.6. The van der Waals surface area contributed by atoms with Crippen LogP contribution in [0.5, 0.6) is 0 Å². The molecule has 0 aliphatic rings. The number of thiophene rings is 1. The summed E-state index contributed by atoms with van der Waals surface area (Å²) in [6, 6.07) is 2.19. The quantitative estimate of drug-likeness (QED) is 0.524. The van der Waals surface area contributed by atoms with Crippen LogP contribution in [0.15, 0.2) is 16.8 Å². The molecule has 3 nitrogen and oxygen atoms in total. The number of ether oxygens (including phenoxy) is 1. The largest absolute Gasteiger partial charge is 0.461 e. The molecule has 5 heteroatoms. The molecule has 0 unspecified atom stereocenters. The van der Waals surface area contributed by atoms with Crippen LogP contribution in [0.3, 0.4) is 0 Å². The summed E-state index contributed by atoms with van der Waals surface area (Å²) >= 11 is 3.37. The number of hydrogen-bond acceptors (Lipinski definition) is 5. The third-order valence-corrected chi connectivity index (χ3v) is 5.01. The van der Waals surface area contributed by atoms with Gasteiger partial charge in [-0.15, -0.1) is 11.3 Å². The lowest BCUT2D eigenvalue weighted by atomic mass is 10.1. The highest BCUT2D eigenvalue weighted by molar-refractivity contribution is 7.11. The average Bonchev–Trinajstić information content (AvgIpc) is 3.08. The first kappa shape index (κ1) is 16.2. The minimum atomic E-state index is -0.296. The molecule has 0 radical (unpaired) electrons. The van der Waals surface area contributed by atoms with Gasteiger partial charge in [0.05, 0.1) is 11.6 Å². The van der Waals surface area contributed by atoms with Crippen molar-refractivity contribution in [2.45, 2.75) is 46.0 Å². The van der Waals surface area contributed by atoms with E-state index in [1.807, 2.05) is 13.8 Å². The Labute approximate surface area is 134 Å². The summed E-state index contributed by atoms with van der Waals surface area (Å²) in [6.07, 6.45) is 5.65. The lowest BCUT2D eigenvalue weighted by molar-refractivity contribution is 0.0519. The van der Waals surface area contributed by atoms with Gasteiger partial charge in [-0.25, -0.2) is 9.78 Å². The van der Waals surface area contributed by atoms with Crippen LogP contribution in [-0.2, 0) is 17.6 Å². The highest BCUT2D eigenvalue weighted by Gasteiger charge is 2.15. The molecule has 0 saturated heterocycles. The Morgan fingerprint density at radius 1 is 1.29 bits per heavy atom. The van der Waals surface area contributed by atoms with Crippen molar-refractivity contribution >= 4 is 28.6 Å². The summed E-state index contributed by atoms with van der Waals surface area (Å²) in [5.74, 6) is -0.296. The Bertz CT molecular complexity index is 561. The van der Waals surface area contributed by atoms with Gasteiger partial charge in [-0.2, -0.15) is 11.3 Å². The van der Waals surface area contributed by atoms with Gasteiger partial charge in [-0.3, -0.25) is 0 Å². The number of esters is 1. The standard InChI is InChI=1S/C16H21NO2S2/c1-3-19-16(18)15-12(2)21-14(17-15)8-6-4-5-7-13-9-10-20-11-13/h9-11H,3-8H2,1-2H3. The molecular formula is C16H21NO2S2. The summed E-state index contributed by atoms with van der Waals surface area (Å²) in [6.45, 7) is 4.14. The first-order valence-corrected chi connectivity index (χ1v) is 9.11. The van der Waals surface area contributed by atoms with Crippen molar-refractivity contribution in [3.05, 3.63) is 38.0 Å². The van der Waals surface area contributed by atoms with E-state index < -0.39 is 0 Å². The molecule has 0 aliphatic heterocycles. The second-order valence-corrected chi connectivity index (χ2v) is 6.99. The zero-order chi connectivity index (χ0) is 15.1. The second kappa shape index (κ2) is 8.29. The van der Waals surface area contributed by atoms with Gasteiger partial charge in [0.15, 0.2) is 5.69 Å². The molecule has 2 aromatic heterocycles. The predicted octanol–water partition coefficient (Wildman–Crippen LogP) is 4.65. The third-order valence-electron chi connectivity index (χ3n) is 3.25. The Balaban J connectivity index is 1.73. The molecule has 114 valence electrons. The molecule has 0 atom stereocenters. The van der Waals surface area contributed by atoms with Gasteiger partial charge in [0.25, 0.3) is 0 Å². The van der Waals surface area contributed by atoms with Crippen molar-refractivity contribution in [1.82, 2.24) is 4.98 Å². The van der Waals surface area contributed by atoms with E-state index in [1.165, 1.54) is 18.4 Å². The van der Waals surface area contributed by atoms with Crippen LogP contribution in [-0.4, -0.2) is 17.6 Å². The van der Waals surface area contributed by atoms with Crippen molar-refractivity contribution in [3.8, 4) is 0 Å². The fourth-order valence-corrected chi connectivity index (χ4v) is 3.83. The maximum absolute atomic E-state index is 11.7. The Kier molecular flexibility index (Phi) is 6.39. The number of carbonyl (C=O) groups is 1. The molecule has 0 amide bonds. The number of thiazole rings is 1. The normalized spacial score (nSPS) is 10.8. The number of nitrogens with zero attached hydrogens (tertiary/aromatic N) is 1. The monoisotopic (exact) mass is 323 g/mol. The molecule has 2 rings (SSSR count). The smallest absolute Gasteiger partial charge is 0.358 e. The van der Waals surface area contributed by atoms with E-state index in [-0.39, 0.29) is 5.97 Å². The number of unbranched alkanes of at least 4 members (excludes halogenated alkanes) is 2. The third kappa shape index (κ3) is 4.93. The fraction of sp³-hybridized carbons (Fsp3) is 0.500. The highest BCUT2D eigenvalue weighted by Crippen LogP contribution is 2.20. The van der Waals surface area contributed by atoms with Crippen molar-refractivity contribution in [2.75, 3.05) is 6.61 Å². The van der Waals surface area contributed by atoms with Crippen molar-refractivity contribution < 1.29 is 9.53 Å². The van der Waals surface area contributed by atoms with Crippen molar-refractivity contribution in [3.63, 3.8) is 0 Å². The van der Waals surface area contributed by atoms with Crippen molar-refractivity contribution in [2.24, 2.45) is 0 Å². The molecule has 0 aliphatic carbocycles. The minimum Gasteiger partial charge on any atom is -0.461 e.